The molecule has 0 spiro atoms. The van der Waals surface area contributed by atoms with Crippen molar-refractivity contribution in [3.63, 3.8) is 0 Å². The van der Waals surface area contributed by atoms with Crippen molar-refractivity contribution in [3.8, 4) is 5.75 Å². The highest BCUT2D eigenvalue weighted by Crippen LogP contribution is 2.32. The van der Waals surface area contributed by atoms with Crippen molar-refractivity contribution in [1.29, 1.82) is 0 Å². The monoisotopic (exact) mass is 429 g/mol. The molecule has 3 aromatic rings. The fraction of sp³-hybridized carbons (Fsp3) is 0.333. The first-order valence-electron chi connectivity index (χ1n) is 11.4. The van der Waals surface area contributed by atoms with Gasteiger partial charge in [-0.1, -0.05) is 42.5 Å². The van der Waals surface area contributed by atoms with Gasteiger partial charge in [-0.3, -0.25) is 4.79 Å². The van der Waals surface area contributed by atoms with E-state index in [1.807, 2.05) is 47.4 Å². The summed E-state index contributed by atoms with van der Waals surface area (Å²) in [4.78, 5) is 19.1. The number of carbonyl (C=O) groups is 1. The lowest BCUT2D eigenvalue weighted by Crippen LogP contribution is -2.34. The maximum absolute atomic E-state index is 12.8. The second-order valence-corrected chi connectivity index (χ2v) is 8.20. The lowest BCUT2D eigenvalue weighted by Gasteiger charge is -2.29. The second-order valence-electron chi connectivity index (χ2n) is 8.20. The summed E-state index contributed by atoms with van der Waals surface area (Å²) >= 11 is 0. The molecule has 1 aromatic heterocycles. The van der Waals surface area contributed by atoms with Crippen LogP contribution in [-0.4, -0.2) is 35.5 Å². The molecule has 0 bridgehead atoms. The molecule has 5 nitrogen and oxygen atoms in total. The quantitative estimate of drug-likeness (QED) is 0.484. The Morgan fingerprint density at radius 1 is 1.06 bits per heavy atom. The van der Waals surface area contributed by atoms with E-state index in [0.717, 1.165) is 43.9 Å². The number of nitrogens with zero attached hydrogens (tertiary/aromatic N) is 2. The van der Waals surface area contributed by atoms with Crippen LogP contribution in [0.3, 0.4) is 0 Å². The number of fused-ring (bicyclic) bond motifs is 1. The molecule has 32 heavy (non-hydrogen) atoms. The van der Waals surface area contributed by atoms with E-state index in [0.29, 0.717) is 13.0 Å². The molecule has 0 saturated carbocycles. The molecular formula is C27H31N3O2. The zero-order valence-electron chi connectivity index (χ0n) is 18.7. The van der Waals surface area contributed by atoms with Crippen LogP contribution in [0.4, 0.5) is 5.82 Å². The molecular weight excluding hydrogens is 398 g/mol. The van der Waals surface area contributed by atoms with Gasteiger partial charge in [0.1, 0.15) is 11.6 Å². The predicted octanol–water partition coefficient (Wildman–Crippen LogP) is 5.04. The van der Waals surface area contributed by atoms with Crippen LogP contribution in [0, 0.1) is 0 Å². The molecule has 2 heterocycles. The summed E-state index contributed by atoms with van der Waals surface area (Å²) in [6.45, 7) is 4.30. The molecule has 0 saturated heterocycles. The predicted molar refractivity (Wildman–Crippen MR) is 128 cm³/mol. The highest BCUT2D eigenvalue weighted by molar-refractivity contribution is 5.78. The standard InChI is InChI=1S/C27H31N3O2/c1-21-25-20-24(32-19-7-17-29-26-10-5-6-16-28-26)13-11-23(25)12-14-27(31)30(21)18-15-22-8-3-2-4-9-22/h2-6,8-11,13,16,20-21H,7,12,14-15,17-19H2,1H3,(H,28,29)/t21-/m0/s1. The fourth-order valence-corrected chi connectivity index (χ4v) is 4.21. The van der Waals surface area contributed by atoms with Gasteiger partial charge in [-0.05, 0) is 67.1 Å². The number of amides is 1. The van der Waals surface area contributed by atoms with E-state index in [4.69, 9.17) is 4.74 Å². The summed E-state index contributed by atoms with van der Waals surface area (Å²) in [5.41, 5.74) is 3.71. The molecule has 1 amide bonds. The topological polar surface area (TPSA) is 54.5 Å². The third-order valence-electron chi connectivity index (χ3n) is 6.01. The minimum atomic E-state index is 0.0399. The van der Waals surface area contributed by atoms with Gasteiger partial charge in [0, 0.05) is 25.7 Å². The van der Waals surface area contributed by atoms with E-state index >= 15 is 0 Å². The van der Waals surface area contributed by atoms with Crippen molar-refractivity contribution in [3.05, 3.63) is 89.6 Å². The first kappa shape index (κ1) is 21.9. The van der Waals surface area contributed by atoms with Crippen molar-refractivity contribution in [2.45, 2.75) is 38.6 Å². The largest absolute Gasteiger partial charge is 0.494 e. The Morgan fingerprint density at radius 2 is 1.91 bits per heavy atom. The number of pyridine rings is 1. The fourth-order valence-electron chi connectivity index (χ4n) is 4.21. The summed E-state index contributed by atoms with van der Waals surface area (Å²) in [7, 11) is 0. The lowest BCUT2D eigenvalue weighted by atomic mass is 9.99. The number of rotatable bonds is 9. The molecule has 166 valence electrons. The smallest absolute Gasteiger partial charge is 0.223 e. The summed E-state index contributed by atoms with van der Waals surface area (Å²) in [6.07, 6.45) is 4.88. The highest BCUT2D eigenvalue weighted by atomic mass is 16.5. The van der Waals surface area contributed by atoms with Crippen LogP contribution in [0.25, 0.3) is 0 Å². The summed E-state index contributed by atoms with van der Waals surface area (Å²) in [6, 6.07) is 22.5. The molecule has 0 unspecified atom stereocenters. The van der Waals surface area contributed by atoms with Gasteiger partial charge in [-0.15, -0.1) is 0 Å². The van der Waals surface area contributed by atoms with Gasteiger partial charge in [0.05, 0.1) is 12.6 Å². The van der Waals surface area contributed by atoms with E-state index in [2.05, 4.69) is 41.5 Å². The second kappa shape index (κ2) is 10.8. The first-order valence-corrected chi connectivity index (χ1v) is 11.4. The van der Waals surface area contributed by atoms with Crippen LogP contribution in [0.1, 0.15) is 42.5 Å². The zero-order chi connectivity index (χ0) is 22.2. The van der Waals surface area contributed by atoms with E-state index in [-0.39, 0.29) is 11.9 Å². The molecule has 2 aromatic carbocycles. The third-order valence-corrected chi connectivity index (χ3v) is 6.01. The maximum atomic E-state index is 12.8. The van der Waals surface area contributed by atoms with E-state index in [1.54, 1.807) is 6.20 Å². The number of hydrogen-bond donors (Lipinski definition) is 1. The van der Waals surface area contributed by atoms with Crippen molar-refractivity contribution < 1.29 is 9.53 Å². The van der Waals surface area contributed by atoms with Gasteiger partial charge in [0.15, 0.2) is 0 Å². The van der Waals surface area contributed by atoms with Crippen LogP contribution in [-0.2, 0) is 17.6 Å². The van der Waals surface area contributed by atoms with Gasteiger partial charge < -0.3 is 15.0 Å². The lowest BCUT2D eigenvalue weighted by molar-refractivity contribution is -0.132. The molecule has 0 fully saturated rings. The van der Waals surface area contributed by atoms with Crippen LogP contribution < -0.4 is 10.1 Å². The third kappa shape index (κ3) is 5.67. The Kier molecular flexibility index (Phi) is 7.38. The maximum Gasteiger partial charge on any atom is 0.223 e. The van der Waals surface area contributed by atoms with Gasteiger partial charge >= 0.3 is 0 Å². The molecule has 0 radical (unpaired) electrons. The Labute approximate surface area is 190 Å². The minimum absolute atomic E-state index is 0.0399. The van der Waals surface area contributed by atoms with Gasteiger partial charge in [0.25, 0.3) is 0 Å². The number of hydrogen-bond acceptors (Lipinski definition) is 4. The Hall–Kier alpha value is -3.34. The van der Waals surface area contributed by atoms with Gasteiger partial charge in [0.2, 0.25) is 5.91 Å². The molecule has 4 rings (SSSR count). The normalized spacial score (nSPS) is 15.7. The van der Waals surface area contributed by atoms with Crippen molar-refractivity contribution in [1.82, 2.24) is 9.88 Å². The van der Waals surface area contributed by atoms with E-state index < -0.39 is 0 Å². The zero-order valence-corrected chi connectivity index (χ0v) is 18.7. The van der Waals surface area contributed by atoms with E-state index in [1.165, 1.54) is 16.7 Å². The molecule has 1 aliphatic heterocycles. The number of ether oxygens (including phenoxy) is 1. The Balaban J connectivity index is 1.35. The average molecular weight is 430 g/mol. The number of benzene rings is 2. The van der Waals surface area contributed by atoms with Gasteiger partial charge in [-0.25, -0.2) is 4.98 Å². The highest BCUT2D eigenvalue weighted by Gasteiger charge is 2.27. The van der Waals surface area contributed by atoms with Crippen LogP contribution in [0.2, 0.25) is 0 Å². The van der Waals surface area contributed by atoms with Crippen LogP contribution >= 0.6 is 0 Å². The molecule has 1 aliphatic rings. The van der Waals surface area contributed by atoms with E-state index in [9.17, 15) is 4.79 Å². The average Bonchev–Trinajstić information content (AvgIpc) is 2.95. The Morgan fingerprint density at radius 3 is 2.72 bits per heavy atom. The number of carbonyl (C=O) groups excluding carboxylic acids is 1. The number of anilines is 1. The number of nitrogens with one attached hydrogen (secondary N) is 1. The summed E-state index contributed by atoms with van der Waals surface area (Å²) < 4.78 is 6.03. The SMILES string of the molecule is C[C@H]1c2cc(OCCCNc3ccccn3)ccc2CCC(=O)N1CCc1ccccc1. The number of aryl methyl sites for hydroxylation is 1. The molecule has 0 aliphatic carbocycles. The van der Waals surface area contributed by atoms with Crippen molar-refractivity contribution in [2.75, 3.05) is 25.0 Å². The molecule has 1 N–H and O–H groups in total. The summed E-state index contributed by atoms with van der Waals surface area (Å²) in [5, 5.41) is 3.30. The van der Waals surface area contributed by atoms with Crippen LogP contribution in [0.5, 0.6) is 5.75 Å². The number of aromatic nitrogens is 1. The summed E-state index contributed by atoms with van der Waals surface area (Å²) in [5.74, 6) is 1.98. The van der Waals surface area contributed by atoms with Crippen LogP contribution in [0.15, 0.2) is 72.9 Å². The first-order chi connectivity index (χ1) is 15.7. The van der Waals surface area contributed by atoms with Gasteiger partial charge in [-0.2, -0.15) is 0 Å². The van der Waals surface area contributed by atoms with Crippen molar-refractivity contribution >= 4 is 11.7 Å². The molecule has 1 atom stereocenters. The van der Waals surface area contributed by atoms with Crippen molar-refractivity contribution in [2.24, 2.45) is 0 Å². The minimum Gasteiger partial charge on any atom is -0.494 e. The molecule has 5 heteroatoms. The Bertz CT molecular complexity index is 1010.